The van der Waals surface area contributed by atoms with E-state index in [4.69, 9.17) is 0 Å². The van der Waals surface area contributed by atoms with Gasteiger partial charge in [0.2, 0.25) is 15.9 Å². The highest BCUT2D eigenvalue weighted by atomic mass is 35.5. The topological polar surface area (TPSA) is 82.6 Å². The number of aromatic nitrogens is 1. The lowest BCUT2D eigenvalue weighted by molar-refractivity contribution is -0.131. The smallest absolute Gasteiger partial charge is 0.243 e. The van der Waals surface area contributed by atoms with Crippen LogP contribution >= 0.6 is 12.4 Å². The molecule has 0 unspecified atom stereocenters. The molecule has 0 radical (unpaired) electrons. The molecule has 3 rings (SSSR count). The lowest BCUT2D eigenvalue weighted by Crippen LogP contribution is -2.49. The maximum Gasteiger partial charge on any atom is 0.243 e. The quantitative estimate of drug-likeness (QED) is 0.839. The number of pyridine rings is 1. The number of hydrogen-bond acceptors (Lipinski definition) is 5. The average Bonchev–Trinajstić information content (AvgIpc) is 2.61. The molecule has 1 saturated heterocycles. The summed E-state index contributed by atoms with van der Waals surface area (Å²) < 4.78 is 26.9. The molecule has 0 saturated carbocycles. The highest BCUT2D eigenvalue weighted by Crippen LogP contribution is 2.23. The van der Waals surface area contributed by atoms with Crippen LogP contribution in [0.1, 0.15) is 0 Å². The molecule has 0 aliphatic carbocycles. The number of amides is 1. The fourth-order valence-electron chi connectivity index (χ4n) is 2.76. The minimum absolute atomic E-state index is 0. The summed E-state index contributed by atoms with van der Waals surface area (Å²) in [6.45, 7) is 2.50. The van der Waals surface area contributed by atoms with Gasteiger partial charge in [0, 0.05) is 44.8 Å². The van der Waals surface area contributed by atoms with Gasteiger partial charge in [-0.05, 0) is 24.3 Å². The van der Waals surface area contributed by atoms with E-state index >= 15 is 0 Å². The van der Waals surface area contributed by atoms with E-state index in [1.807, 2.05) is 0 Å². The van der Waals surface area contributed by atoms with Crippen LogP contribution in [-0.2, 0) is 14.8 Å². The largest absolute Gasteiger partial charge is 0.339 e. The van der Waals surface area contributed by atoms with E-state index in [9.17, 15) is 13.2 Å². The third-order valence-electron chi connectivity index (χ3n) is 4.12. The number of benzene rings is 1. The van der Waals surface area contributed by atoms with Gasteiger partial charge in [0.1, 0.15) is 0 Å². The molecule has 1 N–H and O–H groups in total. The number of carbonyl (C=O) groups is 1. The molecule has 2 aromatic rings. The molecule has 1 aliphatic heterocycles. The van der Waals surface area contributed by atoms with Gasteiger partial charge >= 0.3 is 0 Å². The van der Waals surface area contributed by atoms with Crippen molar-refractivity contribution in [1.82, 2.24) is 19.5 Å². The second-order valence-corrected chi connectivity index (χ2v) is 7.73. The number of nitrogens with one attached hydrogen (secondary N) is 1. The molecule has 1 aromatic heterocycles. The van der Waals surface area contributed by atoms with Crippen LogP contribution in [0.5, 0.6) is 0 Å². The first kappa shape index (κ1) is 19.6. The van der Waals surface area contributed by atoms with Crippen molar-refractivity contribution in [2.75, 3.05) is 39.8 Å². The number of sulfonamides is 1. The van der Waals surface area contributed by atoms with Crippen LogP contribution in [0.3, 0.4) is 0 Å². The summed E-state index contributed by atoms with van der Waals surface area (Å²) in [5.74, 6) is -0.180. The van der Waals surface area contributed by atoms with Crippen molar-refractivity contribution in [3.63, 3.8) is 0 Å². The second-order valence-electron chi connectivity index (χ2n) is 5.72. The van der Waals surface area contributed by atoms with E-state index in [1.54, 1.807) is 41.4 Å². The normalized spacial score (nSPS) is 15.2. The molecule has 136 valence electrons. The van der Waals surface area contributed by atoms with Gasteiger partial charge in [0.05, 0.1) is 17.0 Å². The Morgan fingerprint density at radius 1 is 1.24 bits per heavy atom. The third kappa shape index (κ3) is 4.09. The Kier molecular flexibility index (Phi) is 6.34. The zero-order chi connectivity index (χ0) is 17.2. The minimum Gasteiger partial charge on any atom is -0.339 e. The summed E-state index contributed by atoms with van der Waals surface area (Å²) in [5, 5.41) is 3.72. The van der Waals surface area contributed by atoms with Gasteiger partial charge < -0.3 is 10.2 Å². The summed E-state index contributed by atoms with van der Waals surface area (Å²) in [6.07, 6.45) is 1.62. The highest BCUT2D eigenvalue weighted by Gasteiger charge is 2.27. The third-order valence-corrected chi connectivity index (χ3v) is 5.98. The summed E-state index contributed by atoms with van der Waals surface area (Å²) in [5.41, 5.74) is 0.611. The zero-order valence-corrected chi connectivity index (χ0v) is 15.5. The fourth-order valence-corrected chi connectivity index (χ4v) is 4.07. The van der Waals surface area contributed by atoms with Crippen LogP contribution < -0.4 is 5.32 Å². The van der Waals surface area contributed by atoms with E-state index in [0.717, 1.165) is 17.4 Å². The van der Waals surface area contributed by atoms with E-state index in [2.05, 4.69) is 10.3 Å². The molecule has 0 spiro atoms. The highest BCUT2D eigenvalue weighted by molar-refractivity contribution is 7.89. The first-order valence-corrected chi connectivity index (χ1v) is 9.23. The Labute approximate surface area is 153 Å². The maximum absolute atomic E-state index is 12.9. The van der Waals surface area contributed by atoms with Gasteiger partial charge in [0.25, 0.3) is 0 Å². The maximum atomic E-state index is 12.9. The molecule has 25 heavy (non-hydrogen) atoms. The van der Waals surface area contributed by atoms with E-state index in [1.165, 1.54) is 7.05 Å². The molecule has 0 atom stereocenters. The number of hydrogen-bond donors (Lipinski definition) is 1. The molecule has 1 fully saturated rings. The van der Waals surface area contributed by atoms with Gasteiger partial charge in [-0.3, -0.25) is 9.78 Å². The lowest BCUT2D eigenvalue weighted by Gasteiger charge is -2.29. The standard InChI is InChI=1S/C16H20N4O3S.ClH/c1-19(12-16(21)20-10-8-17-9-11-20)24(22,23)15-6-2-5-14-13(15)4-3-7-18-14;/h2-7,17H,8-12H2,1H3;1H. The lowest BCUT2D eigenvalue weighted by atomic mass is 10.2. The molecule has 1 amide bonds. The summed E-state index contributed by atoms with van der Waals surface area (Å²) in [4.78, 5) is 18.4. The van der Waals surface area contributed by atoms with Crippen molar-refractivity contribution in [3.8, 4) is 0 Å². The van der Waals surface area contributed by atoms with Crippen LogP contribution in [0.2, 0.25) is 0 Å². The van der Waals surface area contributed by atoms with Crippen molar-refractivity contribution < 1.29 is 13.2 Å². The number of halogens is 1. The number of carbonyl (C=O) groups excluding carboxylic acids is 1. The first-order chi connectivity index (χ1) is 11.5. The van der Waals surface area contributed by atoms with Crippen molar-refractivity contribution in [3.05, 3.63) is 36.5 Å². The van der Waals surface area contributed by atoms with E-state index in [-0.39, 0.29) is 29.8 Å². The predicted octanol–water partition coefficient (Wildman–Crippen LogP) is 0.709. The predicted molar refractivity (Wildman–Crippen MR) is 98.3 cm³/mol. The monoisotopic (exact) mass is 384 g/mol. The molecule has 9 heteroatoms. The Balaban J connectivity index is 0.00000225. The average molecular weight is 385 g/mol. The van der Waals surface area contributed by atoms with Gasteiger partial charge in [-0.25, -0.2) is 8.42 Å². The Morgan fingerprint density at radius 3 is 2.68 bits per heavy atom. The molecular formula is C16H21ClN4O3S. The van der Waals surface area contributed by atoms with Crippen molar-refractivity contribution >= 4 is 39.2 Å². The second kappa shape index (κ2) is 8.09. The number of likely N-dealkylation sites (N-methyl/N-ethyl adjacent to an activating group) is 1. The van der Waals surface area contributed by atoms with Gasteiger partial charge in [-0.15, -0.1) is 12.4 Å². The summed E-state index contributed by atoms with van der Waals surface area (Å²) in [7, 11) is -2.33. The molecule has 0 bridgehead atoms. The molecule has 7 nitrogen and oxygen atoms in total. The van der Waals surface area contributed by atoms with Gasteiger partial charge in [-0.1, -0.05) is 6.07 Å². The van der Waals surface area contributed by atoms with Gasteiger partial charge in [0.15, 0.2) is 0 Å². The molecule has 2 heterocycles. The van der Waals surface area contributed by atoms with Crippen LogP contribution in [-0.4, -0.2) is 68.3 Å². The zero-order valence-electron chi connectivity index (χ0n) is 13.9. The van der Waals surface area contributed by atoms with Crippen LogP contribution in [0.4, 0.5) is 0 Å². The number of fused-ring (bicyclic) bond motifs is 1. The summed E-state index contributed by atoms with van der Waals surface area (Å²) >= 11 is 0. The van der Waals surface area contributed by atoms with E-state index in [0.29, 0.717) is 24.0 Å². The molecule has 1 aliphatic rings. The number of rotatable bonds is 4. The Morgan fingerprint density at radius 2 is 1.96 bits per heavy atom. The first-order valence-electron chi connectivity index (χ1n) is 7.79. The SMILES string of the molecule is CN(CC(=O)N1CCNCC1)S(=O)(=O)c1cccc2ncccc12.Cl. The van der Waals surface area contributed by atoms with Crippen LogP contribution in [0.25, 0.3) is 10.9 Å². The number of piperazine rings is 1. The fraction of sp³-hybridized carbons (Fsp3) is 0.375. The van der Waals surface area contributed by atoms with Crippen LogP contribution in [0, 0.1) is 0 Å². The minimum atomic E-state index is -3.77. The van der Waals surface area contributed by atoms with E-state index < -0.39 is 10.0 Å². The number of nitrogens with zero attached hydrogens (tertiary/aromatic N) is 3. The van der Waals surface area contributed by atoms with Crippen molar-refractivity contribution in [2.45, 2.75) is 4.90 Å². The summed E-state index contributed by atoms with van der Waals surface area (Å²) in [6, 6.07) is 8.40. The Hall–Kier alpha value is -1.74. The molecular weight excluding hydrogens is 364 g/mol. The van der Waals surface area contributed by atoms with Crippen LogP contribution in [0.15, 0.2) is 41.4 Å². The van der Waals surface area contributed by atoms with Gasteiger partial charge in [-0.2, -0.15) is 4.31 Å². The molecule has 1 aromatic carbocycles. The Bertz CT molecular complexity index is 848. The van der Waals surface area contributed by atoms with Crippen molar-refractivity contribution in [1.29, 1.82) is 0 Å². The van der Waals surface area contributed by atoms with Crippen molar-refractivity contribution in [2.24, 2.45) is 0 Å².